The number of aryl methyl sites for hydroxylation is 2. The standard InChI is InChI=1S/C26H26O2.CH5N/c27-25-15-8-14-21-17-18-23(19-24(21)25)28-26(22-12-5-2-6-13-22)16-7-11-20-9-3-1-4-10-20;1-2/h1-6,9-10,12-13,17-19,26H,7-8,11,14-16H2;2H2,1H3. The predicted molar refractivity (Wildman–Crippen MR) is 123 cm³/mol. The first-order valence-corrected chi connectivity index (χ1v) is 10.8. The number of carbonyl (C=O) groups excluding carboxylic acids is 1. The fourth-order valence-corrected chi connectivity index (χ4v) is 3.94. The highest BCUT2D eigenvalue weighted by atomic mass is 16.5. The van der Waals surface area contributed by atoms with Crippen molar-refractivity contribution in [3.8, 4) is 5.75 Å². The van der Waals surface area contributed by atoms with Crippen LogP contribution in [0, 0.1) is 0 Å². The molecule has 0 amide bonds. The fourth-order valence-electron chi connectivity index (χ4n) is 3.94. The van der Waals surface area contributed by atoms with Gasteiger partial charge in [-0.3, -0.25) is 4.79 Å². The Morgan fingerprint density at radius 2 is 1.60 bits per heavy atom. The van der Waals surface area contributed by atoms with Gasteiger partial charge in [0, 0.05) is 12.0 Å². The lowest BCUT2D eigenvalue weighted by atomic mass is 9.90. The number of fused-ring (bicyclic) bond motifs is 1. The Kier molecular flexibility index (Phi) is 8.22. The number of ketones is 1. The summed E-state index contributed by atoms with van der Waals surface area (Å²) in [7, 11) is 1.50. The zero-order valence-corrected chi connectivity index (χ0v) is 17.7. The van der Waals surface area contributed by atoms with E-state index in [4.69, 9.17) is 4.74 Å². The summed E-state index contributed by atoms with van der Waals surface area (Å²) in [5, 5.41) is 0. The summed E-state index contributed by atoms with van der Waals surface area (Å²) in [4.78, 5) is 12.3. The molecule has 30 heavy (non-hydrogen) atoms. The van der Waals surface area contributed by atoms with E-state index in [1.165, 1.54) is 18.2 Å². The van der Waals surface area contributed by atoms with Gasteiger partial charge in [-0.25, -0.2) is 0 Å². The molecule has 0 aliphatic heterocycles. The van der Waals surface area contributed by atoms with Crippen LogP contribution in [-0.4, -0.2) is 12.8 Å². The number of benzene rings is 3. The maximum absolute atomic E-state index is 12.3. The van der Waals surface area contributed by atoms with Crippen molar-refractivity contribution in [1.82, 2.24) is 0 Å². The van der Waals surface area contributed by atoms with Crippen LogP contribution in [0.5, 0.6) is 5.75 Å². The van der Waals surface area contributed by atoms with E-state index in [2.05, 4.69) is 66.4 Å². The molecular formula is C27H31NO2. The Bertz CT molecular complexity index is 922. The number of hydrogen-bond donors (Lipinski definition) is 1. The molecule has 3 nitrogen and oxygen atoms in total. The van der Waals surface area contributed by atoms with Gasteiger partial charge < -0.3 is 10.5 Å². The van der Waals surface area contributed by atoms with Gasteiger partial charge in [0.25, 0.3) is 0 Å². The summed E-state index contributed by atoms with van der Waals surface area (Å²) in [6.45, 7) is 0. The zero-order valence-electron chi connectivity index (χ0n) is 17.7. The van der Waals surface area contributed by atoms with E-state index in [-0.39, 0.29) is 11.9 Å². The third kappa shape index (κ3) is 5.80. The lowest BCUT2D eigenvalue weighted by Crippen LogP contribution is -2.12. The molecule has 1 aliphatic rings. The highest BCUT2D eigenvalue weighted by Gasteiger charge is 2.19. The molecule has 0 saturated heterocycles. The molecule has 0 fully saturated rings. The first-order chi connectivity index (χ1) is 14.8. The van der Waals surface area contributed by atoms with Gasteiger partial charge in [-0.2, -0.15) is 0 Å². The third-order valence-corrected chi connectivity index (χ3v) is 5.46. The van der Waals surface area contributed by atoms with Crippen molar-refractivity contribution in [3.05, 3.63) is 101 Å². The van der Waals surface area contributed by atoms with Crippen LogP contribution in [0.2, 0.25) is 0 Å². The Hall–Kier alpha value is -2.91. The zero-order chi connectivity index (χ0) is 21.2. The quantitative estimate of drug-likeness (QED) is 0.534. The van der Waals surface area contributed by atoms with Crippen LogP contribution in [-0.2, 0) is 12.8 Å². The van der Waals surface area contributed by atoms with Crippen LogP contribution >= 0.6 is 0 Å². The number of rotatable bonds is 7. The first kappa shape index (κ1) is 21.8. The highest BCUT2D eigenvalue weighted by Crippen LogP contribution is 2.30. The van der Waals surface area contributed by atoms with Crippen molar-refractivity contribution >= 4 is 5.78 Å². The maximum Gasteiger partial charge on any atom is 0.163 e. The minimum Gasteiger partial charge on any atom is -0.486 e. The van der Waals surface area contributed by atoms with Crippen molar-refractivity contribution in [2.45, 2.75) is 44.6 Å². The molecule has 3 aromatic rings. The summed E-state index contributed by atoms with van der Waals surface area (Å²) < 4.78 is 6.40. The fraction of sp³-hybridized carbons (Fsp3) is 0.296. The lowest BCUT2D eigenvalue weighted by molar-refractivity contribution is 0.0971. The van der Waals surface area contributed by atoms with Crippen LogP contribution < -0.4 is 10.5 Å². The normalized spacial score (nSPS) is 13.6. The van der Waals surface area contributed by atoms with Gasteiger partial charge >= 0.3 is 0 Å². The molecule has 3 heteroatoms. The smallest absolute Gasteiger partial charge is 0.163 e. The first-order valence-electron chi connectivity index (χ1n) is 10.8. The minimum atomic E-state index is -0.0124. The van der Waals surface area contributed by atoms with Crippen LogP contribution in [0.25, 0.3) is 0 Å². The van der Waals surface area contributed by atoms with Gasteiger partial charge in [0.1, 0.15) is 11.9 Å². The molecule has 0 bridgehead atoms. The maximum atomic E-state index is 12.3. The van der Waals surface area contributed by atoms with Crippen molar-refractivity contribution in [2.24, 2.45) is 5.73 Å². The Morgan fingerprint density at radius 3 is 2.33 bits per heavy atom. The monoisotopic (exact) mass is 401 g/mol. The minimum absolute atomic E-state index is 0.0124. The van der Waals surface area contributed by atoms with Crippen LogP contribution in [0.15, 0.2) is 78.9 Å². The molecule has 4 rings (SSSR count). The molecule has 3 aromatic carbocycles. The number of hydrogen-bond acceptors (Lipinski definition) is 3. The molecule has 156 valence electrons. The Balaban J connectivity index is 0.00000124. The molecule has 0 saturated carbocycles. The molecular weight excluding hydrogens is 370 g/mol. The summed E-state index contributed by atoms with van der Waals surface area (Å²) in [5.41, 5.74) is 9.04. The van der Waals surface area contributed by atoms with Crippen molar-refractivity contribution in [3.63, 3.8) is 0 Å². The van der Waals surface area contributed by atoms with Gasteiger partial charge in [-0.05, 0) is 68.0 Å². The van der Waals surface area contributed by atoms with E-state index in [0.717, 1.165) is 49.0 Å². The van der Waals surface area contributed by atoms with E-state index >= 15 is 0 Å². The number of ether oxygens (including phenoxy) is 1. The van der Waals surface area contributed by atoms with Crippen molar-refractivity contribution in [1.29, 1.82) is 0 Å². The van der Waals surface area contributed by atoms with E-state index < -0.39 is 0 Å². The number of Topliss-reactive ketones (excluding diaryl/α,β-unsaturated/α-hetero) is 1. The van der Waals surface area contributed by atoms with Gasteiger partial charge in [-0.15, -0.1) is 0 Å². The second-order valence-electron chi connectivity index (χ2n) is 7.49. The molecule has 1 unspecified atom stereocenters. The molecule has 0 heterocycles. The third-order valence-electron chi connectivity index (χ3n) is 5.46. The van der Waals surface area contributed by atoms with Crippen molar-refractivity contribution in [2.75, 3.05) is 7.05 Å². The van der Waals surface area contributed by atoms with Crippen LogP contribution in [0.3, 0.4) is 0 Å². The summed E-state index contributed by atoms with van der Waals surface area (Å²) in [6.07, 6.45) is 5.60. The summed E-state index contributed by atoms with van der Waals surface area (Å²) in [5.74, 6) is 1.04. The second-order valence-corrected chi connectivity index (χ2v) is 7.49. The largest absolute Gasteiger partial charge is 0.486 e. The van der Waals surface area contributed by atoms with Gasteiger partial charge in [0.05, 0.1) is 0 Å². The summed E-state index contributed by atoms with van der Waals surface area (Å²) in [6, 6.07) is 27.0. The molecule has 2 N–H and O–H groups in total. The average molecular weight is 402 g/mol. The molecule has 0 aromatic heterocycles. The molecule has 0 spiro atoms. The Labute approximate surface area is 179 Å². The van der Waals surface area contributed by atoms with Crippen LogP contribution in [0.4, 0.5) is 0 Å². The molecule has 0 radical (unpaired) electrons. The van der Waals surface area contributed by atoms with E-state index in [0.29, 0.717) is 6.42 Å². The second kappa shape index (κ2) is 11.3. The van der Waals surface area contributed by atoms with E-state index in [1.54, 1.807) is 0 Å². The number of carbonyl (C=O) groups is 1. The highest BCUT2D eigenvalue weighted by molar-refractivity contribution is 5.98. The van der Waals surface area contributed by atoms with E-state index in [9.17, 15) is 4.79 Å². The van der Waals surface area contributed by atoms with Gasteiger partial charge in [-0.1, -0.05) is 66.7 Å². The number of nitrogens with two attached hydrogens (primary N) is 1. The lowest BCUT2D eigenvalue weighted by Gasteiger charge is -2.22. The topological polar surface area (TPSA) is 52.3 Å². The van der Waals surface area contributed by atoms with Gasteiger partial charge in [0.2, 0.25) is 0 Å². The predicted octanol–water partition coefficient (Wildman–Crippen LogP) is 5.92. The average Bonchev–Trinajstić information content (AvgIpc) is 2.81. The van der Waals surface area contributed by atoms with Gasteiger partial charge in [0.15, 0.2) is 5.78 Å². The molecule has 1 atom stereocenters. The Morgan fingerprint density at radius 1 is 0.900 bits per heavy atom. The van der Waals surface area contributed by atoms with E-state index in [1.807, 2.05) is 18.2 Å². The summed E-state index contributed by atoms with van der Waals surface area (Å²) >= 11 is 0. The SMILES string of the molecule is CN.O=C1CCCc2ccc(OC(CCCc3ccccc3)c3ccccc3)cc21. The molecule has 1 aliphatic carbocycles. The van der Waals surface area contributed by atoms with Crippen molar-refractivity contribution < 1.29 is 9.53 Å². The van der Waals surface area contributed by atoms with Crippen LogP contribution in [0.1, 0.15) is 58.8 Å².